The van der Waals surface area contributed by atoms with E-state index in [0.717, 1.165) is 19.5 Å². The molecule has 1 unspecified atom stereocenters. The van der Waals surface area contributed by atoms with Crippen molar-refractivity contribution < 1.29 is 9.59 Å². The topological polar surface area (TPSA) is 87.5 Å². The Hall–Kier alpha value is -1.21. The predicted octanol–water partition coefficient (Wildman–Crippen LogP) is -0.765. The van der Waals surface area contributed by atoms with E-state index in [1.807, 2.05) is 0 Å². The third kappa shape index (κ3) is 5.52. The van der Waals surface area contributed by atoms with Crippen LogP contribution in [0, 0.1) is 5.92 Å². The molecule has 4 N–H and O–H groups in total. The average molecular weight is 286 g/mol. The third-order valence-corrected chi connectivity index (χ3v) is 3.37. The van der Waals surface area contributed by atoms with Crippen LogP contribution in [0.2, 0.25) is 0 Å². The number of hydrogen-bond donors (Lipinski definition) is 3. The Balaban J connectivity index is 2.24. The molecule has 0 aromatic heterocycles. The lowest BCUT2D eigenvalue weighted by molar-refractivity contribution is -0.139. The number of hydrogen-bond acceptors (Lipinski definition) is 4. The van der Waals surface area contributed by atoms with Gasteiger partial charge < -0.3 is 21.3 Å². The molecule has 0 aromatic rings. The normalized spacial score (nSPS) is 19.4. The number of carbonyl (C=O) groups excluding carboxylic acids is 2. The summed E-state index contributed by atoms with van der Waals surface area (Å²) in [6.07, 6.45) is 1.05. The molecule has 0 aliphatic carbocycles. The molecular formula is C12H22N4O2S. The molecular weight excluding hydrogens is 264 g/mol. The predicted molar refractivity (Wildman–Crippen MR) is 77.6 cm³/mol. The highest BCUT2D eigenvalue weighted by molar-refractivity contribution is 7.80. The van der Waals surface area contributed by atoms with Crippen LogP contribution in [0.5, 0.6) is 0 Å². The lowest BCUT2D eigenvalue weighted by Gasteiger charge is -2.20. The van der Waals surface area contributed by atoms with Crippen LogP contribution >= 0.6 is 12.2 Å². The number of carbonyl (C=O) groups is 2. The average Bonchev–Trinajstić information content (AvgIpc) is 2.81. The minimum Gasteiger partial charge on any atom is -0.392 e. The molecule has 1 saturated heterocycles. The van der Waals surface area contributed by atoms with Crippen molar-refractivity contribution in [2.45, 2.75) is 26.3 Å². The first-order valence-corrected chi connectivity index (χ1v) is 6.89. The van der Waals surface area contributed by atoms with Crippen molar-refractivity contribution in [2.75, 3.05) is 26.2 Å². The van der Waals surface area contributed by atoms with E-state index in [-0.39, 0.29) is 11.5 Å². The standard InChI is InChI=1S/C12H22N4O2S/c1-8(2)16-4-3-9(7-16)5-14-11(17)12(18)15-6-10(13)19/h8-9H,3-7H2,1-2H3,(H2,13,19)(H,14,17)(H,15,18). The molecule has 0 spiro atoms. The summed E-state index contributed by atoms with van der Waals surface area (Å²) in [7, 11) is 0. The maximum atomic E-state index is 11.5. The molecule has 1 aliphatic heterocycles. The summed E-state index contributed by atoms with van der Waals surface area (Å²) in [5.74, 6) is -0.902. The lowest BCUT2D eigenvalue weighted by atomic mass is 10.1. The SMILES string of the molecule is CC(C)N1CCC(CNC(=O)C(=O)NCC(N)=S)C1. The van der Waals surface area contributed by atoms with Gasteiger partial charge in [-0.25, -0.2) is 0 Å². The van der Waals surface area contributed by atoms with Gasteiger partial charge in [0.05, 0.1) is 11.5 Å². The van der Waals surface area contributed by atoms with Crippen molar-refractivity contribution in [3.63, 3.8) is 0 Å². The second-order valence-corrected chi connectivity index (χ2v) is 5.63. The van der Waals surface area contributed by atoms with Crippen molar-refractivity contribution in [1.82, 2.24) is 15.5 Å². The van der Waals surface area contributed by atoms with E-state index in [0.29, 0.717) is 18.5 Å². The van der Waals surface area contributed by atoms with Crippen molar-refractivity contribution in [3.8, 4) is 0 Å². The number of likely N-dealkylation sites (tertiary alicyclic amines) is 1. The summed E-state index contributed by atoms with van der Waals surface area (Å²) in [6.45, 7) is 6.90. The van der Waals surface area contributed by atoms with E-state index < -0.39 is 11.8 Å². The first-order valence-electron chi connectivity index (χ1n) is 6.48. The van der Waals surface area contributed by atoms with Gasteiger partial charge in [-0.15, -0.1) is 0 Å². The Morgan fingerprint density at radius 3 is 2.53 bits per heavy atom. The zero-order chi connectivity index (χ0) is 14.4. The van der Waals surface area contributed by atoms with Gasteiger partial charge in [-0.05, 0) is 32.7 Å². The zero-order valence-corrected chi connectivity index (χ0v) is 12.3. The molecule has 1 aliphatic rings. The fourth-order valence-corrected chi connectivity index (χ4v) is 2.14. The zero-order valence-electron chi connectivity index (χ0n) is 11.4. The molecule has 1 rings (SSSR count). The number of rotatable bonds is 5. The maximum Gasteiger partial charge on any atom is 0.309 e. The minimum atomic E-state index is -0.688. The monoisotopic (exact) mass is 286 g/mol. The van der Waals surface area contributed by atoms with Crippen molar-refractivity contribution in [3.05, 3.63) is 0 Å². The first kappa shape index (κ1) is 15.8. The molecule has 19 heavy (non-hydrogen) atoms. The van der Waals surface area contributed by atoms with Crippen LogP contribution in [0.3, 0.4) is 0 Å². The van der Waals surface area contributed by atoms with Crippen LogP contribution in [0.15, 0.2) is 0 Å². The molecule has 1 atom stereocenters. The summed E-state index contributed by atoms with van der Waals surface area (Å²) in [5.41, 5.74) is 5.24. The van der Waals surface area contributed by atoms with Gasteiger partial charge in [0.1, 0.15) is 0 Å². The molecule has 7 heteroatoms. The van der Waals surface area contributed by atoms with E-state index in [4.69, 9.17) is 5.73 Å². The van der Waals surface area contributed by atoms with Gasteiger partial charge in [-0.3, -0.25) is 9.59 Å². The minimum absolute atomic E-state index is 0.0478. The number of nitrogens with two attached hydrogens (primary N) is 1. The molecule has 0 radical (unpaired) electrons. The van der Waals surface area contributed by atoms with Crippen LogP contribution in [-0.2, 0) is 9.59 Å². The number of nitrogens with zero attached hydrogens (tertiary/aromatic N) is 1. The smallest absolute Gasteiger partial charge is 0.309 e. The largest absolute Gasteiger partial charge is 0.392 e. The van der Waals surface area contributed by atoms with Crippen LogP contribution in [0.25, 0.3) is 0 Å². The maximum absolute atomic E-state index is 11.5. The molecule has 2 amide bonds. The fraction of sp³-hybridized carbons (Fsp3) is 0.750. The van der Waals surface area contributed by atoms with Gasteiger partial charge >= 0.3 is 11.8 Å². The van der Waals surface area contributed by atoms with E-state index >= 15 is 0 Å². The van der Waals surface area contributed by atoms with Gasteiger partial charge in [-0.1, -0.05) is 12.2 Å². The second kappa shape index (κ2) is 7.40. The van der Waals surface area contributed by atoms with Crippen molar-refractivity contribution in [2.24, 2.45) is 11.7 Å². The summed E-state index contributed by atoms with van der Waals surface area (Å²) < 4.78 is 0. The quantitative estimate of drug-likeness (QED) is 0.456. The molecule has 0 saturated carbocycles. The van der Waals surface area contributed by atoms with E-state index in [1.54, 1.807) is 0 Å². The number of amides is 2. The van der Waals surface area contributed by atoms with Gasteiger partial charge in [0.25, 0.3) is 0 Å². The van der Waals surface area contributed by atoms with Gasteiger partial charge in [0.2, 0.25) is 0 Å². The van der Waals surface area contributed by atoms with Crippen LogP contribution in [0.1, 0.15) is 20.3 Å². The molecule has 108 valence electrons. The molecule has 0 aromatic carbocycles. The third-order valence-electron chi connectivity index (χ3n) is 3.23. The van der Waals surface area contributed by atoms with Gasteiger partial charge in [-0.2, -0.15) is 0 Å². The Bertz CT molecular complexity index is 360. The highest BCUT2D eigenvalue weighted by Crippen LogP contribution is 2.17. The van der Waals surface area contributed by atoms with Gasteiger partial charge in [0.15, 0.2) is 0 Å². The number of thiocarbonyl (C=S) groups is 1. The summed E-state index contributed by atoms with van der Waals surface area (Å²) in [5, 5.41) is 5.00. The molecule has 1 fully saturated rings. The van der Waals surface area contributed by atoms with Crippen molar-refractivity contribution in [1.29, 1.82) is 0 Å². The van der Waals surface area contributed by atoms with Gasteiger partial charge in [0, 0.05) is 19.1 Å². The number of nitrogens with one attached hydrogen (secondary N) is 2. The fourth-order valence-electron chi connectivity index (χ4n) is 2.06. The highest BCUT2D eigenvalue weighted by Gasteiger charge is 2.25. The second-order valence-electron chi connectivity index (χ2n) is 5.10. The van der Waals surface area contributed by atoms with E-state index in [2.05, 4.69) is 41.6 Å². The summed E-state index contributed by atoms with van der Waals surface area (Å²) in [4.78, 5) is 25.4. The Morgan fingerprint density at radius 1 is 1.37 bits per heavy atom. The Morgan fingerprint density at radius 2 is 2.00 bits per heavy atom. The molecule has 1 heterocycles. The molecule has 0 bridgehead atoms. The molecule has 6 nitrogen and oxygen atoms in total. The van der Waals surface area contributed by atoms with E-state index in [9.17, 15) is 9.59 Å². The first-order chi connectivity index (χ1) is 8.90. The highest BCUT2D eigenvalue weighted by atomic mass is 32.1. The van der Waals surface area contributed by atoms with Crippen LogP contribution < -0.4 is 16.4 Å². The van der Waals surface area contributed by atoms with Crippen molar-refractivity contribution >= 4 is 29.0 Å². The summed E-state index contributed by atoms with van der Waals surface area (Å²) in [6, 6.07) is 0.523. The summed E-state index contributed by atoms with van der Waals surface area (Å²) >= 11 is 4.62. The lowest BCUT2D eigenvalue weighted by Crippen LogP contribution is -2.44. The van der Waals surface area contributed by atoms with Crippen LogP contribution in [-0.4, -0.2) is 53.9 Å². The van der Waals surface area contributed by atoms with E-state index in [1.165, 1.54) is 0 Å². The Kier molecular flexibility index (Phi) is 6.17. The Labute approximate surface area is 119 Å². The van der Waals surface area contributed by atoms with Crippen LogP contribution in [0.4, 0.5) is 0 Å².